The molecule has 4 heteroatoms. The van der Waals surface area contributed by atoms with Crippen LogP contribution >= 0.6 is 0 Å². The molecule has 0 amide bonds. The monoisotopic (exact) mass is 219 g/mol. The number of benzene rings is 1. The van der Waals surface area contributed by atoms with E-state index in [4.69, 9.17) is 0 Å². The van der Waals surface area contributed by atoms with E-state index in [0.29, 0.717) is 5.92 Å². The van der Waals surface area contributed by atoms with Gasteiger partial charge in [0.2, 0.25) is 0 Å². The van der Waals surface area contributed by atoms with Gasteiger partial charge >= 0.3 is 0 Å². The molecule has 2 aromatic rings. The molecule has 84 valence electrons. The van der Waals surface area contributed by atoms with Crippen molar-refractivity contribution >= 4 is 10.9 Å². The maximum atomic E-state index is 13.2. The minimum absolute atomic E-state index is 0.191. The molecule has 0 bridgehead atoms. The molecule has 2 N–H and O–H groups in total. The minimum atomic E-state index is -0.191. The van der Waals surface area contributed by atoms with Gasteiger partial charge in [0.05, 0.1) is 5.52 Å². The van der Waals surface area contributed by atoms with Gasteiger partial charge in [-0.3, -0.25) is 5.10 Å². The van der Waals surface area contributed by atoms with Gasteiger partial charge in [0.25, 0.3) is 0 Å². The average Bonchev–Trinajstić information content (AvgIpc) is 2.73. The third-order valence-corrected chi connectivity index (χ3v) is 3.29. The van der Waals surface area contributed by atoms with Crippen molar-refractivity contribution in [2.24, 2.45) is 0 Å². The summed E-state index contributed by atoms with van der Waals surface area (Å²) in [5, 5.41) is 11.6. The minimum Gasteiger partial charge on any atom is -0.317 e. The number of nitrogens with zero attached hydrogens (tertiary/aromatic N) is 1. The van der Waals surface area contributed by atoms with Crippen molar-refractivity contribution < 1.29 is 4.39 Å². The number of hydrogen-bond acceptors (Lipinski definition) is 2. The fourth-order valence-electron chi connectivity index (χ4n) is 2.42. The predicted octanol–water partition coefficient (Wildman–Crippen LogP) is 2.17. The molecule has 0 unspecified atom stereocenters. The van der Waals surface area contributed by atoms with Gasteiger partial charge < -0.3 is 5.32 Å². The Morgan fingerprint density at radius 3 is 2.88 bits per heavy atom. The normalized spacial score (nSPS) is 18.1. The van der Waals surface area contributed by atoms with Crippen LogP contribution < -0.4 is 5.32 Å². The molecule has 1 aliphatic heterocycles. The van der Waals surface area contributed by atoms with Crippen molar-refractivity contribution in [1.82, 2.24) is 15.5 Å². The summed E-state index contributed by atoms with van der Waals surface area (Å²) in [6, 6.07) is 4.76. The Labute approximate surface area is 93.0 Å². The molecule has 0 spiro atoms. The highest BCUT2D eigenvalue weighted by molar-refractivity contribution is 5.81. The second-order valence-corrected chi connectivity index (χ2v) is 4.32. The lowest BCUT2D eigenvalue weighted by Crippen LogP contribution is -2.26. The second kappa shape index (κ2) is 3.87. The Balaban J connectivity index is 2.05. The zero-order valence-electron chi connectivity index (χ0n) is 8.96. The van der Waals surface area contributed by atoms with E-state index in [0.717, 1.165) is 42.5 Å². The molecule has 1 aliphatic rings. The molecular formula is C12H14FN3. The van der Waals surface area contributed by atoms with Crippen LogP contribution in [0.4, 0.5) is 4.39 Å². The zero-order valence-corrected chi connectivity index (χ0v) is 8.96. The zero-order chi connectivity index (χ0) is 11.0. The highest BCUT2D eigenvalue weighted by atomic mass is 19.1. The lowest BCUT2D eigenvalue weighted by molar-refractivity contribution is 0.454. The Kier molecular flexibility index (Phi) is 2.36. The maximum absolute atomic E-state index is 13.2. The summed E-state index contributed by atoms with van der Waals surface area (Å²) < 4.78 is 13.2. The summed E-state index contributed by atoms with van der Waals surface area (Å²) in [7, 11) is 0. The first-order valence-corrected chi connectivity index (χ1v) is 5.69. The highest BCUT2D eigenvalue weighted by Crippen LogP contribution is 2.29. The molecular weight excluding hydrogens is 205 g/mol. The van der Waals surface area contributed by atoms with Gasteiger partial charge in [0.15, 0.2) is 0 Å². The average molecular weight is 219 g/mol. The summed E-state index contributed by atoms with van der Waals surface area (Å²) in [5.41, 5.74) is 1.95. The molecule has 0 radical (unpaired) electrons. The molecule has 2 heterocycles. The van der Waals surface area contributed by atoms with E-state index in [1.807, 2.05) is 0 Å². The molecule has 1 saturated heterocycles. The number of halogens is 1. The lowest BCUT2D eigenvalue weighted by atomic mass is 9.92. The quantitative estimate of drug-likeness (QED) is 0.771. The van der Waals surface area contributed by atoms with Crippen molar-refractivity contribution in [2.75, 3.05) is 13.1 Å². The Hall–Kier alpha value is -1.42. The highest BCUT2D eigenvalue weighted by Gasteiger charge is 2.19. The lowest BCUT2D eigenvalue weighted by Gasteiger charge is -2.21. The molecule has 3 nitrogen and oxygen atoms in total. The van der Waals surface area contributed by atoms with E-state index in [1.165, 1.54) is 6.07 Å². The van der Waals surface area contributed by atoms with Crippen LogP contribution in [-0.4, -0.2) is 23.3 Å². The number of piperidine rings is 1. The first-order valence-electron chi connectivity index (χ1n) is 5.69. The molecule has 16 heavy (non-hydrogen) atoms. The van der Waals surface area contributed by atoms with Gasteiger partial charge in [-0.2, -0.15) is 5.10 Å². The number of rotatable bonds is 1. The van der Waals surface area contributed by atoms with Crippen LogP contribution in [0.2, 0.25) is 0 Å². The third kappa shape index (κ3) is 1.59. The van der Waals surface area contributed by atoms with Gasteiger partial charge in [-0.1, -0.05) is 0 Å². The van der Waals surface area contributed by atoms with Gasteiger partial charge in [0.1, 0.15) is 5.82 Å². The largest absolute Gasteiger partial charge is 0.317 e. The summed E-state index contributed by atoms with van der Waals surface area (Å²) in [6.07, 6.45) is 2.18. The predicted molar refractivity (Wildman–Crippen MR) is 60.9 cm³/mol. The van der Waals surface area contributed by atoms with Crippen LogP contribution in [0, 0.1) is 5.82 Å². The van der Waals surface area contributed by atoms with Gasteiger partial charge in [-0.05, 0) is 44.1 Å². The van der Waals surface area contributed by atoms with E-state index in [9.17, 15) is 4.39 Å². The number of aromatic nitrogens is 2. The van der Waals surface area contributed by atoms with Crippen molar-refractivity contribution in [2.45, 2.75) is 18.8 Å². The number of H-pyrrole nitrogens is 1. The summed E-state index contributed by atoms with van der Waals surface area (Å²) in [6.45, 7) is 2.06. The van der Waals surface area contributed by atoms with Crippen LogP contribution in [0.1, 0.15) is 24.5 Å². The van der Waals surface area contributed by atoms with Crippen LogP contribution in [0.15, 0.2) is 18.2 Å². The number of nitrogens with one attached hydrogen (secondary N) is 2. The van der Waals surface area contributed by atoms with Crippen LogP contribution in [-0.2, 0) is 0 Å². The first-order chi connectivity index (χ1) is 7.84. The van der Waals surface area contributed by atoms with Crippen LogP contribution in [0.5, 0.6) is 0 Å². The fourth-order valence-corrected chi connectivity index (χ4v) is 2.42. The van der Waals surface area contributed by atoms with E-state index < -0.39 is 0 Å². The second-order valence-electron chi connectivity index (χ2n) is 4.32. The first kappa shape index (κ1) is 9.78. The van der Waals surface area contributed by atoms with E-state index >= 15 is 0 Å². The Morgan fingerprint density at radius 1 is 1.25 bits per heavy atom. The number of hydrogen-bond donors (Lipinski definition) is 2. The molecule has 1 fully saturated rings. The van der Waals surface area contributed by atoms with Gasteiger partial charge in [-0.25, -0.2) is 4.39 Å². The molecule has 3 rings (SSSR count). The Bertz CT molecular complexity index is 500. The summed E-state index contributed by atoms with van der Waals surface area (Å²) >= 11 is 0. The van der Waals surface area contributed by atoms with Crippen molar-refractivity contribution in [3.63, 3.8) is 0 Å². The molecule has 0 aliphatic carbocycles. The van der Waals surface area contributed by atoms with Crippen molar-refractivity contribution in [3.8, 4) is 0 Å². The molecule has 1 aromatic heterocycles. The van der Waals surface area contributed by atoms with E-state index in [1.54, 1.807) is 12.1 Å². The Morgan fingerprint density at radius 2 is 2.06 bits per heavy atom. The van der Waals surface area contributed by atoms with Crippen molar-refractivity contribution in [3.05, 3.63) is 29.7 Å². The molecule has 0 saturated carbocycles. The fraction of sp³-hybridized carbons (Fsp3) is 0.417. The molecule has 0 atom stereocenters. The smallest absolute Gasteiger partial charge is 0.124 e. The van der Waals surface area contributed by atoms with E-state index in [-0.39, 0.29) is 5.82 Å². The maximum Gasteiger partial charge on any atom is 0.124 e. The number of fused-ring (bicyclic) bond motifs is 1. The number of aromatic amines is 1. The summed E-state index contributed by atoms with van der Waals surface area (Å²) in [4.78, 5) is 0. The van der Waals surface area contributed by atoms with Gasteiger partial charge in [-0.15, -0.1) is 0 Å². The van der Waals surface area contributed by atoms with Crippen molar-refractivity contribution in [1.29, 1.82) is 0 Å². The molecule has 1 aromatic carbocycles. The SMILES string of the molecule is Fc1ccc2n[nH]c(C3CCNCC3)c2c1. The summed E-state index contributed by atoms with van der Waals surface area (Å²) in [5.74, 6) is 0.289. The van der Waals surface area contributed by atoms with E-state index in [2.05, 4.69) is 15.5 Å². The van der Waals surface area contributed by atoms with Crippen LogP contribution in [0.25, 0.3) is 10.9 Å². The third-order valence-electron chi connectivity index (χ3n) is 3.29. The van der Waals surface area contributed by atoms with Crippen LogP contribution in [0.3, 0.4) is 0 Å². The van der Waals surface area contributed by atoms with Gasteiger partial charge in [0, 0.05) is 17.0 Å². The standard InChI is InChI=1S/C12H14FN3/c13-9-1-2-11-10(7-9)12(16-15-11)8-3-5-14-6-4-8/h1-2,7-8,14H,3-6H2,(H,15,16). The topological polar surface area (TPSA) is 40.7 Å².